The highest BCUT2D eigenvalue weighted by atomic mass is 79.9. The maximum atomic E-state index is 13.2. The topological polar surface area (TPSA) is 76.8 Å². The zero-order valence-corrected chi connectivity index (χ0v) is 20.4. The van der Waals surface area contributed by atoms with Crippen LogP contribution in [0.15, 0.2) is 51.5 Å². The van der Waals surface area contributed by atoms with Gasteiger partial charge in [0.15, 0.2) is 11.5 Å². The molecule has 1 atom stereocenters. The molecule has 0 aromatic heterocycles. The lowest BCUT2D eigenvalue weighted by molar-refractivity contribution is -0.129. The van der Waals surface area contributed by atoms with Crippen molar-refractivity contribution in [2.45, 2.75) is 32.6 Å². The van der Waals surface area contributed by atoms with E-state index in [-0.39, 0.29) is 24.0 Å². The van der Waals surface area contributed by atoms with Gasteiger partial charge in [0.25, 0.3) is 0 Å². The Hall–Kier alpha value is -2.63. The standard InChI is InChI=1S/C24H24BrN3O3S/c1-3-15-5-7-17(8-6-15)27-13-28-22(29)11-18(19(12-26)24(28)32-14-27)16-9-20(25)23(30)21(10-16)31-4-2/h5-10,18,30H,3-4,11,13-14H2,1-2H3/t18-/m1/s1. The number of allylic oxidation sites excluding steroid dienone is 1. The number of nitriles is 1. The van der Waals surface area contributed by atoms with Crippen molar-refractivity contribution >= 4 is 39.3 Å². The Morgan fingerprint density at radius 1 is 1.28 bits per heavy atom. The van der Waals surface area contributed by atoms with Crippen molar-refractivity contribution in [2.75, 3.05) is 24.1 Å². The first-order chi connectivity index (χ1) is 15.5. The Balaban J connectivity index is 1.66. The highest BCUT2D eigenvalue weighted by molar-refractivity contribution is 9.10. The molecule has 2 aliphatic heterocycles. The molecule has 1 saturated heterocycles. The molecule has 0 spiro atoms. The third kappa shape index (κ3) is 4.19. The van der Waals surface area contributed by atoms with E-state index in [9.17, 15) is 15.2 Å². The number of carbonyl (C=O) groups is 1. The Morgan fingerprint density at radius 2 is 2.03 bits per heavy atom. The van der Waals surface area contributed by atoms with Gasteiger partial charge < -0.3 is 14.7 Å². The van der Waals surface area contributed by atoms with Crippen LogP contribution in [0.4, 0.5) is 5.69 Å². The zero-order valence-electron chi connectivity index (χ0n) is 18.0. The van der Waals surface area contributed by atoms with E-state index in [0.717, 1.165) is 22.7 Å². The van der Waals surface area contributed by atoms with Crippen LogP contribution in [0.25, 0.3) is 0 Å². The van der Waals surface area contributed by atoms with Crippen LogP contribution in [0.5, 0.6) is 11.5 Å². The highest BCUT2D eigenvalue weighted by Gasteiger charge is 2.38. The number of phenolic OH excluding ortho intramolecular Hbond substituents is 1. The number of rotatable bonds is 5. The first kappa shape index (κ1) is 22.6. The fraction of sp³-hybridized carbons (Fsp3) is 0.333. The van der Waals surface area contributed by atoms with Gasteiger partial charge in [-0.25, -0.2) is 0 Å². The van der Waals surface area contributed by atoms with Gasteiger partial charge in [0.2, 0.25) is 5.91 Å². The largest absolute Gasteiger partial charge is 0.503 e. The van der Waals surface area contributed by atoms with Crippen LogP contribution in [0.3, 0.4) is 0 Å². The third-order valence-corrected chi connectivity index (χ3v) is 7.52. The second-order valence-corrected chi connectivity index (χ2v) is 9.45. The average molecular weight is 514 g/mol. The van der Waals surface area contributed by atoms with Crippen LogP contribution in [0.1, 0.15) is 37.3 Å². The number of halogens is 1. The Morgan fingerprint density at radius 3 is 2.69 bits per heavy atom. The number of ether oxygens (including phenoxy) is 1. The summed E-state index contributed by atoms with van der Waals surface area (Å²) in [6.45, 7) is 4.79. The van der Waals surface area contributed by atoms with Gasteiger partial charge in [-0.3, -0.25) is 9.69 Å². The number of fused-ring (bicyclic) bond motifs is 1. The second-order valence-electron chi connectivity index (χ2n) is 7.67. The Labute approximate surface area is 200 Å². The van der Waals surface area contributed by atoms with E-state index >= 15 is 0 Å². The van der Waals surface area contributed by atoms with Crippen LogP contribution in [-0.4, -0.2) is 35.1 Å². The first-order valence-corrected chi connectivity index (χ1v) is 12.3. The Bertz CT molecular complexity index is 1110. The number of carbonyl (C=O) groups excluding carboxylic acids is 1. The normalized spacial score (nSPS) is 18.4. The number of thioether (sulfide) groups is 1. The van der Waals surface area contributed by atoms with E-state index in [4.69, 9.17) is 4.74 Å². The SMILES string of the molecule is CCOc1cc([C@H]2CC(=O)N3CN(c4ccc(CC)cc4)CSC3=C2C#N)cc(Br)c1O. The monoisotopic (exact) mass is 513 g/mol. The van der Waals surface area contributed by atoms with Crippen LogP contribution in [0, 0.1) is 11.3 Å². The number of hydrogen-bond acceptors (Lipinski definition) is 6. The molecular formula is C24H24BrN3O3S. The lowest BCUT2D eigenvalue weighted by Crippen LogP contribution is -2.47. The van der Waals surface area contributed by atoms with Crippen molar-refractivity contribution in [1.29, 1.82) is 5.26 Å². The lowest BCUT2D eigenvalue weighted by atomic mass is 9.86. The van der Waals surface area contributed by atoms with Gasteiger partial charge in [-0.05, 0) is 64.7 Å². The van der Waals surface area contributed by atoms with E-state index in [1.165, 1.54) is 17.3 Å². The quantitative estimate of drug-likeness (QED) is 0.581. The van der Waals surface area contributed by atoms with E-state index in [2.05, 4.69) is 58.1 Å². The van der Waals surface area contributed by atoms with Gasteiger partial charge in [-0.15, -0.1) is 0 Å². The van der Waals surface area contributed by atoms with Crippen molar-refractivity contribution in [3.63, 3.8) is 0 Å². The maximum Gasteiger partial charge on any atom is 0.229 e. The number of aromatic hydroxyl groups is 1. The minimum atomic E-state index is -0.377. The molecule has 2 aromatic rings. The molecular weight excluding hydrogens is 490 g/mol. The van der Waals surface area contributed by atoms with Crippen LogP contribution >= 0.6 is 27.7 Å². The summed E-state index contributed by atoms with van der Waals surface area (Å²) in [5, 5.41) is 21.0. The molecule has 1 amide bonds. The Kier molecular flexibility index (Phi) is 6.68. The van der Waals surface area contributed by atoms with Gasteiger partial charge in [-0.2, -0.15) is 5.26 Å². The lowest BCUT2D eigenvalue weighted by Gasteiger charge is -2.42. The predicted molar refractivity (Wildman–Crippen MR) is 129 cm³/mol. The molecule has 2 aromatic carbocycles. The van der Waals surface area contributed by atoms with Crippen molar-refractivity contribution in [2.24, 2.45) is 0 Å². The number of nitrogens with zero attached hydrogens (tertiary/aromatic N) is 3. The summed E-state index contributed by atoms with van der Waals surface area (Å²) >= 11 is 4.88. The molecule has 166 valence electrons. The van der Waals surface area contributed by atoms with E-state index in [1.54, 1.807) is 17.0 Å². The van der Waals surface area contributed by atoms with E-state index < -0.39 is 0 Å². The van der Waals surface area contributed by atoms with Crippen molar-refractivity contribution in [3.05, 3.63) is 62.6 Å². The molecule has 0 saturated carbocycles. The van der Waals surface area contributed by atoms with Gasteiger partial charge in [0.05, 0.1) is 40.3 Å². The van der Waals surface area contributed by atoms with Crippen molar-refractivity contribution in [3.8, 4) is 17.6 Å². The van der Waals surface area contributed by atoms with Gasteiger partial charge in [0, 0.05) is 18.0 Å². The van der Waals surface area contributed by atoms with E-state index in [0.29, 0.717) is 34.9 Å². The molecule has 32 heavy (non-hydrogen) atoms. The zero-order chi connectivity index (χ0) is 22.8. The molecule has 0 radical (unpaired) electrons. The molecule has 4 rings (SSSR count). The van der Waals surface area contributed by atoms with Crippen molar-refractivity contribution < 1.29 is 14.6 Å². The van der Waals surface area contributed by atoms with Crippen LogP contribution in [-0.2, 0) is 11.2 Å². The highest BCUT2D eigenvalue weighted by Crippen LogP contribution is 2.46. The first-order valence-electron chi connectivity index (χ1n) is 10.5. The fourth-order valence-corrected chi connectivity index (χ4v) is 5.64. The van der Waals surface area contributed by atoms with Gasteiger partial charge in [-0.1, -0.05) is 30.8 Å². The minimum Gasteiger partial charge on any atom is -0.503 e. The molecule has 2 aliphatic rings. The second kappa shape index (κ2) is 9.47. The van der Waals surface area contributed by atoms with Crippen LogP contribution in [0.2, 0.25) is 0 Å². The molecule has 0 bridgehead atoms. The summed E-state index contributed by atoms with van der Waals surface area (Å²) in [6, 6.07) is 14.2. The molecule has 6 nitrogen and oxygen atoms in total. The molecule has 8 heteroatoms. The predicted octanol–water partition coefficient (Wildman–Crippen LogP) is 5.34. The number of phenols is 1. The fourth-order valence-electron chi connectivity index (χ4n) is 4.01. The summed E-state index contributed by atoms with van der Waals surface area (Å²) in [4.78, 5) is 17.0. The third-order valence-electron chi connectivity index (χ3n) is 5.76. The smallest absolute Gasteiger partial charge is 0.229 e. The van der Waals surface area contributed by atoms with E-state index in [1.807, 2.05) is 6.92 Å². The van der Waals surface area contributed by atoms with Crippen LogP contribution < -0.4 is 9.64 Å². The number of hydrogen-bond donors (Lipinski definition) is 1. The minimum absolute atomic E-state index is 0.0160. The summed E-state index contributed by atoms with van der Waals surface area (Å²) < 4.78 is 6.02. The summed E-state index contributed by atoms with van der Waals surface area (Å²) in [5.74, 6) is 0.618. The number of benzene rings is 2. The molecule has 2 heterocycles. The summed E-state index contributed by atoms with van der Waals surface area (Å²) in [7, 11) is 0. The summed E-state index contributed by atoms with van der Waals surface area (Å²) in [6.07, 6.45) is 1.18. The molecule has 1 N–H and O–H groups in total. The maximum absolute atomic E-state index is 13.2. The summed E-state index contributed by atoms with van der Waals surface area (Å²) in [5.41, 5.74) is 3.68. The number of anilines is 1. The van der Waals surface area contributed by atoms with Gasteiger partial charge >= 0.3 is 0 Å². The molecule has 0 unspecified atom stereocenters. The molecule has 0 aliphatic carbocycles. The molecule has 1 fully saturated rings. The average Bonchev–Trinajstić information content (AvgIpc) is 2.82. The number of amides is 1. The van der Waals surface area contributed by atoms with Gasteiger partial charge in [0.1, 0.15) is 0 Å². The van der Waals surface area contributed by atoms with Crippen molar-refractivity contribution in [1.82, 2.24) is 4.90 Å². The number of aryl methyl sites for hydroxylation is 1.